The molecule has 3 rings (SSSR count). The zero-order chi connectivity index (χ0) is 22.2. The van der Waals surface area contributed by atoms with Gasteiger partial charge in [-0.3, -0.25) is 0 Å². The second-order valence-corrected chi connectivity index (χ2v) is 6.90. The van der Waals surface area contributed by atoms with Crippen molar-refractivity contribution in [1.82, 2.24) is 15.6 Å². The SMILES string of the molecule is CCNC(=NCc1ccc(OC)c(C(=O)OC)c1)NCCc1c[nH]c2ccc(F)cc12. The lowest BCUT2D eigenvalue weighted by Crippen LogP contribution is -2.38. The van der Waals surface area contributed by atoms with Gasteiger partial charge in [-0.2, -0.15) is 0 Å². The Balaban J connectivity index is 1.66. The number of aliphatic imine (C=N–C) groups is 1. The summed E-state index contributed by atoms with van der Waals surface area (Å²) in [7, 11) is 2.84. The summed E-state index contributed by atoms with van der Waals surface area (Å²) in [5, 5.41) is 7.39. The summed E-state index contributed by atoms with van der Waals surface area (Å²) >= 11 is 0. The number of fused-ring (bicyclic) bond motifs is 1. The molecule has 1 heterocycles. The van der Waals surface area contributed by atoms with E-state index in [4.69, 9.17) is 9.47 Å². The minimum atomic E-state index is -0.456. The van der Waals surface area contributed by atoms with Crippen LogP contribution < -0.4 is 15.4 Å². The largest absolute Gasteiger partial charge is 0.496 e. The lowest BCUT2D eigenvalue weighted by Gasteiger charge is -2.12. The number of halogens is 1. The standard InChI is InChI=1S/C23H27FN4O3/c1-4-25-23(26-10-9-16-14-27-20-7-6-17(24)12-18(16)20)28-13-15-5-8-21(30-2)19(11-15)22(29)31-3/h5-8,11-12,14,27H,4,9-10,13H2,1-3H3,(H2,25,26,28). The first-order valence-corrected chi connectivity index (χ1v) is 10.1. The van der Waals surface area contributed by atoms with E-state index in [1.807, 2.05) is 19.2 Å². The Morgan fingerprint density at radius 1 is 1.16 bits per heavy atom. The summed E-state index contributed by atoms with van der Waals surface area (Å²) in [5.74, 6) is 0.411. The van der Waals surface area contributed by atoms with Crippen LogP contribution in [0.2, 0.25) is 0 Å². The van der Waals surface area contributed by atoms with Crippen molar-refractivity contribution in [2.45, 2.75) is 19.9 Å². The summed E-state index contributed by atoms with van der Waals surface area (Å²) in [6, 6.07) is 10.0. The fourth-order valence-corrected chi connectivity index (χ4v) is 3.31. The van der Waals surface area contributed by atoms with Crippen LogP contribution in [0.1, 0.15) is 28.4 Å². The van der Waals surface area contributed by atoms with Gasteiger partial charge in [0.25, 0.3) is 0 Å². The third-order valence-electron chi connectivity index (χ3n) is 4.85. The lowest BCUT2D eigenvalue weighted by atomic mass is 10.1. The van der Waals surface area contributed by atoms with Gasteiger partial charge in [0.15, 0.2) is 5.96 Å². The number of carbonyl (C=O) groups excluding carboxylic acids is 1. The average molecular weight is 426 g/mol. The van der Waals surface area contributed by atoms with Gasteiger partial charge in [-0.15, -0.1) is 0 Å². The van der Waals surface area contributed by atoms with Gasteiger partial charge in [0.2, 0.25) is 0 Å². The lowest BCUT2D eigenvalue weighted by molar-refractivity contribution is 0.0597. The Morgan fingerprint density at radius 3 is 2.74 bits per heavy atom. The van der Waals surface area contributed by atoms with Crippen LogP contribution in [-0.2, 0) is 17.7 Å². The Hall–Kier alpha value is -3.55. The maximum absolute atomic E-state index is 13.6. The van der Waals surface area contributed by atoms with Crippen molar-refractivity contribution in [3.63, 3.8) is 0 Å². The summed E-state index contributed by atoms with van der Waals surface area (Å²) < 4.78 is 23.6. The number of nitrogens with zero attached hydrogens (tertiary/aromatic N) is 1. The third-order valence-corrected chi connectivity index (χ3v) is 4.85. The molecule has 2 aromatic carbocycles. The number of ether oxygens (including phenoxy) is 2. The molecule has 0 saturated carbocycles. The molecule has 0 fully saturated rings. The molecule has 0 aliphatic heterocycles. The molecule has 0 bridgehead atoms. The van der Waals surface area contributed by atoms with Crippen molar-refractivity contribution < 1.29 is 18.7 Å². The van der Waals surface area contributed by atoms with Crippen molar-refractivity contribution in [3.8, 4) is 5.75 Å². The third kappa shape index (κ3) is 5.53. The van der Waals surface area contributed by atoms with E-state index in [9.17, 15) is 9.18 Å². The van der Waals surface area contributed by atoms with E-state index in [-0.39, 0.29) is 5.82 Å². The zero-order valence-electron chi connectivity index (χ0n) is 17.9. The highest BCUT2D eigenvalue weighted by atomic mass is 19.1. The van der Waals surface area contributed by atoms with Crippen molar-refractivity contribution in [1.29, 1.82) is 0 Å². The number of aromatic nitrogens is 1. The van der Waals surface area contributed by atoms with Crippen LogP contribution in [0.25, 0.3) is 10.9 Å². The summed E-state index contributed by atoms with van der Waals surface area (Å²) in [5.41, 5.74) is 3.17. The average Bonchev–Trinajstić information content (AvgIpc) is 3.18. The van der Waals surface area contributed by atoms with Crippen LogP contribution >= 0.6 is 0 Å². The molecule has 0 amide bonds. The number of carbonyl (C=O) groups is 1. The Labute approximate surface area is 180 Å². The maximum Gasteiger partial charge on any atom is 0.341 e. The summed E-state index contributed by atoms with van der Waals surface area (Å²) in [4.78, 5) is 19.7. The predicted octanol–water partition coefficient (Wildman–Crippen LogP) is 3.40. The number of hydrogen-bond acceptors (Lipinski definition) is 4. The number of aromatic amines is 1. The number of methoxy groups -OCH3 is 2. The number of rotatable bonds is 8. The zero-order valence-corrected chi connectivity index (χ0v) is 17.9. The minimum absolute atomic E-state index is 0.248. The van der Waals surface area contributed by atoms with Crippen molar-refractivity contribution in [2.75, 3.05) is 27.3 Å². The van der Waals surface area contributed by atoms with Gasteiger partial charge in [0.05, 0.1) is 20.8 Å². The highest BCUT2D eigenvalue weighted by Crippen LogP contribution is 2.21. The maximum atomic E-state index is 13.6. The molecule has 31 heavy (non-hydrogen) atoms. The van der Waals surface area contributed by atoms with E-state index in [0.29, 0.717) is 43.3 Å². The molecule has 8 heteroatoms. The molecule has 0 radical (unpaired) electrons. The Morgan fingerprint density at radius 2 is 2.00 bits per heavy atom. The van der Waals surface area contributed by atoms with E-state index < -0.39 is 5.97 Å². The summed E-state index contributed by atoms with van der Waals surface area (Å²) in [6.07, 6.45) is 2.62. The highest BCUT2D eigenvalue weighted by molar-refractivity contribution is 5.92. The second-order valence-electron chi connectivity index (χ2n) is 6.90. The van der Waals surface area contributed by atoms with Gasteiger partial charge in [-0.25, -0.2) is 14.2 Å². The van der Waals surface area contributed by atoms with E-state index in [0.717, 1.165) is 22.0 Å². The number of benzene rings is 2. The number of hydrogen-bond donors (Lipinski definition) is 3. The van der Waals surface area contributed by atoms with Crippen LogP contribution in [0.4, 0.5) is 4.39 Å². The predicted molar refractivity (Wildman–Crippen MR) is 119 cm³/mol. The molecular formula is C23H27FN4O3. The number of esters is 1. The van der Waals surface area contributed by atoms with Gasteiger partial charge in [-0.1, -0.05) is 6.07 Å². The molecule has 7 nitrogen and oxygen atoms in total. The molecule has 164 valence electrons. The van der Waals surface area contributed by atoms with Gasteiger partial charge in [0, 0.05) is 30.2 Å². The number of guanidine groups is 1. The van der Waals surface area contributed by atoms with Gasteiger partial charge in [0.1, 0.15) is 17.1 Å². The molecule has 1 aromatic heterocycles. The van der Waals surface area contributed by atoms with Crippen LogP contribution in [0, 0.1) is 5.82 Å². The van der Waals surface area contributed by atoms with Crippen LogP contribution in [0.15, 0.2) is 47.6 Å². The first-order chi connectivity index (χ1) is 15.0. The molecule has 0 spiro atoms. The second kappa shape index (κ2) is 10.5. The first kappa shape index (κ1) is 22.1. The number of H-pyrrole nitrogens is 1. The van der Waals surface area contributed by atoms with E-state index in [1.54, 1.807) is 24.3 Å². The molecule has 3 N–H and O–H groups in total. The highest BCUT2D eigenvalue weighted by Gasteiger charge is 2.13. The Bertz CT molecular complexity index is 1080. The van der Waals surface area contributed by atoms with Crippen molar-refractivity contribution in [2.24, 2.45) is 4.99 Å². The molecule has 0 saturated heterocycles. The fraction of sp³-hybridized carbons (Fsp3) is 0.304. The van der Waals surface area contributed by atoms with Gasteiger partial charge < -0.3 is 25.1 Å². The molecule has 0 aliphatic rings. The van der Waals surface area contributed by atoms with E-state index in [1.165, 1.54) is 20.3 Å². The number of nitrogens with one attached hydrogen (secondary N) is 3. The monoisotopic (exact) mass is 426 g/mol. The van der Waals surface area contributed by atoms with Crippen LogP contribution in [0.5, 0.6) is 5.75 Å². The minimum Gasteiger partial charge on any atom is -0.496 e. The molecule has 0 aliphatic carbocycles. The van der Waals surface area contributed by atoms with E-state index in [2.05, 4.69) is 20.6 Å². The smallest absolute Gasteiger partial charge is 0.341 e. The summed E-state index contributed by atoms with van der Waals surface area (Å²) in [6.45, 7) is 3.70. The molecule has 0 unspecified atom stereocenters. The van der Waals surface area contributed by atoms with Gasteiger partial charge >= 0.3 is 5.97 Å². The topological polar surface area (TPSA) is 87.7 Å². The molecule has 0 atom stereocenters. The first-order valence-electron chi connectivity index (χ1n) is 10.1. The van der Waals surface area contributed by atoms with Gasteiger partial charge in [-0.05, 0) is 54.8 Å². The normalized spacial score (nSPS) is 11.4. The van der Waals surface area contributed by atoms with Crippen LogP contribution in [0.3, 0.4) is 0 Å². The Kier molecular flexibility index (Phi) is 7.48. The fourth-order valence-electron chi connectivity index (χ4n) is 3.31. The van der Waals surface area contributed by atoms with E-state index >= 15 is 0 Å². The molecule has 3 aromatic rings. The van der Waals surface area contributed by atoms with Crippen molar-refractivity contribution in [3.05, 3.63) is 65.1 Å². The quantitative estimate of drug-likeness (QED) is 0.292. The van der Waals surface area contributed by atoms with Crippen LogP contribution in [-0.4, -0.2) is 44.2 Å². The molecular weight excluding hydrogens is 399 g/mol. The van der Waals surface area contributed by atoms with Crippen molar-refractivity contribution >= 4 is 22.8 Å².